The van der Waals surface area contributed by atoms with E-state index in [4.69, 9.17) is 9.68 Å². The normalized spacial score (nSPS) is 10.7. The summed E-state index contributed by atoms with van der Waals surface area (Å²) in [5.41, 5.74) is 3.05. The van der Waals surface area contributed by atoms with E-state index in [-0.39, 0.29) is 0 Å². The molecule has 6 heteroatoms. The lowest BCUT2D eigenvalue weighted by Crippen LogP contribution is -2.05. The van der Waals surface area contributed by atoms with Crippen molar-refractivity contribution in [3.63, 3.8) is 0 Å². The van der Waals surface area contributed by atoms with Crippen LogP contribution >= 0.6 is 11.8 Å². The summed E-state index contributed by atoms with van der Waals surface area (Å²) >= 11 is 1.36. The zero-order valence-electron chi connectivity index (χ0n) is 13.5. The van der Waals surface area contributed by atoms with Gasteiger partial charge in [0.15, 0.2) is 5.16 Å². The number of nitriles is 1. The molecule has 0 aliphatic heterocycles. The van der Waals surface area contributed by atoms with Crippen LogP contribution in [0.25, 0.3) is 11.0 Å². The summed E-state index contributed by atoms with van der Waals surface area (Å²) in [5.74, 6) is 1.15. The number of hydrogen-bond acceptors (Lipinski definition) is 6. The maximum Gasteiger partial charge on any atom is 0.190 e. The molecule has 0 aliphatic carbocycles. The predicted molar refractivity (Wildman–Crippen MR) is 95.9 cm³/mol. The van der Waals surface area contributed by atoms with Crippen LogP contribution in [0.4, 0.5) is 5.82 Å². The molecule has 3 aromatic rings. The highest BCUT2D eigenvalue weighted by molar-refractivity contribution is 7.99. The Morgan fingerprint density at radius 3 is 3.00 bits per heavy atom. The Labute approximate surface area is 145 Å². The number of nitrogens with zero attached hydrogens (tertiary/aromatic N) is 3. The zero-order valence-corrected chi connectivity index (χ0v) is 14.3. The van der Waals surface area contributed by atoms with E-state index >= 15 is 0 Å². The average molecular weight is 338 g/mol. The van der Waals surface area contributed by atoms with E-state index in [1.165, 1.54) is 11.8 Å². The van der Waals surface area contributed by atoms with Crippen molar-refractivity contribution >= 4 is 28.5 Å². The number of aryl methyl sites for hydroxylation is 1. The molecule has 24 heavy (non-hydrogen) atoms. The third-order valence-electron chi connectivity index (χ3n) is 3.52. The molecule has 0 amide bonds. The second kappa shape index (κ2) is 7.84. The van der Waals surface area contributed by atoms with Gasteiger partial charge in [0, 0.05) is 23.7 Å². The van der Waals surface area contributed by atoms with Crippen molar-refractivity contribution < 1.29 is 4.42 Å². The average Bonchev–Trinajstić information content (AvgIpc) is 3.06. The lowest BCUT2D eigenvalue weighted by atomic mass is 10.1. The van der Waals surface area contributed by atoms with E-state index in [2.05, 4.69) is 34.3 Å². The summed E-state index contributed by atoms with van der Waals surface area (Å²) < 4.78 is 5.36. The largest absolute Gasteiger partial charge is 0.464 e. The maximum atomic E-state index is 8.74. The van der Waals surface area contributed by atoms with Gasteiger partial charge >= 0.3 is 0 Å². The molecule has 3 rings (SSSR count). The number of anilines is 1. The minimum atomic E-state index is 0.353. The number of nitrogens with one attached hydrogen (secondary N) is 1. The summed E-state index contributed by atoms with van der Waals surface area (Å²) in [6.45, 7) is 2.80. The number of fused-ring (bicyclic) bond motifs is 1. The number of furan rings is 1. The Balaban J connectivity index is 1.74. The second-order valence-electron chi connectivity index (χ2n) is 5.37. The van der Waals surface area contributed by atoms with Crippen LogP contribution in [0.5, 0.6) is 0 Å². The fourth-order valence-electron chi connectivity index (χ4n) is 2.43. The number of hydrogen-bond donors (Lipinski definition) is 1. The molecule has 0 radical (unpaired) electrons. The van der Waals surface area contributed by atoms with Gasteiger partial charge in [0.25, 0.3) is 0 Å². The minimum absolute atomic E-state index is 0.353. The van der Waals surface area contributed by atoms with Gasteiger partial charge in [-0.25, -0.2) is 9.97 Å². The van der Waals surface area contributed by atoms with Crippen molar-refractivity contribution in [1.82, 2.24) is 9.97 Å². The molecule has 0 spiro atoms. The number of thioether (sulfide) groups is 1. The Kier molecular flexibility index (Phi) is 5.34. The lowest BCUT2D eigenvalue weighted by Gasteiger charge is -2.09. The molecule has 2 heterocycles. The Bertz CT molecular complexity index is 869. The van der Waals surface area contributed by atoms with Crippen molar-refractivity contribution in [3.8, 4) is 6.07 Å². The first-order valence-corrected chi connectivity index (χ1v) is 8.84. The van der Waals surface area contributed by atoms with Gasteiger partial charge in [0.05, 0.1) is 18.1 Å². The summed E-state index contributed by atoms with van der Waals surface area (Å²) in [7, 11) is 0. The van der Waals surface area contributed by atoms with Gasteiger partial charge in [0.1, 0.15) is 11.4 Å². The molecular formula is C18H18N4OS. The monoisotopic (exact) mass is 338 g/mol. The SMILES string of the molecule is CCCc1cc(NCc2ccc3occc3c2)nc(SCC#N)n1. The molecule has 0 saturated carbocycles. The van der Waals surface area contributed by atoms with Gasteiger partial charge in [0.2, 0.25) is 0 Å². The van der Waals surface area contributed by atoms with Crippen LogP contribution in [0.15, 0.2) is 46.2 Å². The lowest BCUT2D eigenvalue weighted by molar-refractivity contribution is 0.616. The van der Waals surface area contributed by atoms with Crippen molar-refractivity contribution in [2.45, 2.75) is 31.5 Å². The molecule has 122 valence electrons. The number of benzene rings is 1. The fourth-order valence-corrected chi connectivity index (χ4v) is 2.97. The second-order valence-corrected chi connectivity index (χ2v) is 6.31. The molecule has 0 aliphatic rings. The molecule has 0 saturated heterocycles. The van der Waals surface area contributed by atoms with E-state index in [1.807, 2.05) is 24.3 Å². The quantitative estimate of drug-likeness (QED) is 0.508. The molecule has 0 fully saturated rings. The Hall–Kier alpha value is -2.52. The third-order valence-corrected chi connectivity index (χ3v) is 4.24. The van der Waals surface area contributed by atoms with Crippen molar-refractivity contribution in [2.24, 2.45) is 0 Å². The highest BCUT2D eigenvalue weighted by atomic mass is 32.2. The molecule has 1 aromatic carbocycles. The molecule has 0 bridgehead atoms. The third kappa shape index (κ3) is 4.06. The van der Waals surface area contributed by atoms with Crippen LogP contribution < -0.4 is 5.32 Å². The van der Waals surface area contributed by atoms with Crippen molar-refractivity contribution in [2.75, 3.05) is 11.1 Å². The van der Waals surface area contributed by atoms with Crippen molar-refractivity contribution in [3.05, 3.63) is 47.9 Å². The first-order chi connectivity index (χ1) is 11.8. The van der Waals surface area contributed by atoms with Gasteiger partial charge < -0.3 is 9.73 Å². The Morgan fingerprint density at radius 2 is 2.17 bits per heavy atom. The van der Waals surface area contributed by atoms with Crippen LogP contribution in [-0.2, 0) is 13.0 Å². The summed E-state index contributed by atoms with van der Waals surface area (Å²) in [5, 5.41) is 13.8. The molecule has 0 atom stereocenters. The standard InChI is InChI=1S/C18H18N4OS/c1-2-3-15-11-17(22-18(21-15)24-9-7-19)20-12-13-4-5-16-14(10-13)6-8-23-16/h4-6,8,10-11H,2-3,9,12H2,1H3,(H,20,21,22). The van der Waals surface area contributed by atoms with E-state index < -0.39 is 0 Å². The number of rotatable bonds is 7. The minimum Gasteiger partial charge on any atom is -0.464 e. The molecule has 1 N–H and O–H groups in total. The summed E-state index contributed by atoms with van der Waals surface area (Å²) in [4.78, 5) is 8.99. The van der Waals surface area contributed by atoms with E-state index in [0.717, 1.165) is 40.9 Å². The molecule has 2 aromatic heterocycles. The van der Waals surface area contributed by atoms with E-state index in [0.29, 0.717) is 17.5 Å². The van der Waals surface area contributed by atoms with E-state index in [9.17, 15) is 0 Å². The van der Waals surface area contributed by atoms with Gasteiger partial charge in [-0.05, 0) is 30.2 Å². The van der Waals surface area contributed by atoms with E-state index in [1.54, 1.807) is 6.26 Å². The molecule has 0 unspecified atom stereocenters. The highest BCUT2D eigenvalue weighted by Gasteiger charge is 2.06. The van der Waals surface area contributed by atoms with Gasteiger partial charge in [-0.2, -0.15) is 5.26 Å². The molecule has 5 nitrogen and oxygen atoms in total. The number of aromatic nitrogens is 2. The first kappa shape index (κ1) is 16.3. The first-order valence-electron chi connectivity index (χ1n) is 7.86. The smallest absolute Gasteiger partial charge is 0.190 e. The fraction of sp³-hybridized carbons (Fsp3) is 0.278. The van der Waals surface area contributed by atoms with Crippen LogP contribution in [-0.4, -0.2) is 15.7 Å². The van der Waals surface area contributed by atoms with Crippen LogP contribution in [0.2, 0.25) is 0 Å². The van der Waals surface area contributed by atoms with Gasteiger partial charge in [-0.3, -0.25) is 0 Å². The van der Waals surface area contributed by atoms with Gasteiger partial charge in [-0.1, -0.05) is 31.2 Å². The topological polar surface area (TPSA) is 74.7 Å². The zero-order chi connectivity index (χ0) is 16.8. The predicted octanol–water partition coefficient (Wildman–Crippen LogP) is 4.40. The van der Waals surface area contributed by atoms with Crippen molar-refractivity contribution in [1.29, 1.82) is 5.26 Å². The van der Waals surface area contributed by atoms with Crippen LogP contribution in [0.1, 0.15) is 24.6 Å². The highest BCUT2D eigenvalue weighted by Crippen LogP contribution is 2.20. The Morgan fingerprint density at radius 1 is 1.25 bits per heavy atom. The van der Waals surface area contributed by atoms with Crippen LogP contribution in [0.3, 0.4) is 0 Å². The molecular weight excluding hydrogens is 320 g/mol. The summed E-state index contributed by atoms with van der Waals surface area (Å²) in [6, 6.07) is 12.2. The summed E-state index contributed by atoms with van der Waals surface area (Å²) in [6.07, 6.45) is 3.62. The van der Waals surface area contributed by atoms with Crippen LogP contribution in [0, 0.1) is 11.3 Å². The maximum absolute atomic E-state index is 8.74. The van der Waals surface area contributed by atoms with Gasteiger partial charge in [-0.15, -0.1) is 0 Å².